The van der Waals surface area contributed by atoms with Gasteiger partial charge in [0.25, 0.3) is 5.56 Å². The number of hydrogen-bond donors (Lipinski definition) is 0. The van der Waals surface area contributed by atoms with Crippen LogP contribution in [0.4, 0.5) is 0 Å². The molecule has 0 saturated carbocycles. The standard InChI is InChI=1S/C12H14N2O3/c1-7-13-12(15)8-5-10(16-3)11(17-4)6-9(8)14(7)2/h5-6H,1-4H3. The van der Waals surface area contributed by atoms with E-state index in [0.29, 0.717) is 22.7 Å². The minimum absolute atomic E-state index is 0.253. The number of rotatable bonds is 2. The van der Waals surface area contributed by atoms with Gasteiger partial charge in [-0.2, -0.15) is 4.98 Å². The molecule has 17 heavy (non-hydrogen) atoms. The molecule has 5 heteroatoms. The molecule has 90 valence electrons. The van der Waals surface area contributed by atoms with Gasteiger partial charge in [0.1, 0.15) is 5.82 Å². The molecular weight excluding hydrogens is 220 g/mol. The van der Waals surface area contributed by atoms with E-state index in [4.69, 9.17) is 9.47 Å². The lowest BCUT2D eigenvalue weighted by atomic mass is 10.2. The second-order valence-electron chi connectivity index (χ2n) is 3.75. The molecule has 0 aliphatic rings. The molecule has 1 heterocycles. The third-order valence-corrected chi connectivity index (χ3v) is 2.84. The van der Waals surface area contributed by atoms with Crippen LogP contribution in [-0.2, 0) is 7.05 Å². The predicted octanol–water partition coefficient (Wildman–Crippen LogP) is 1.26. The highest BCUT2D eigenvalue weighted by Crippen LogP contribution is 2.30. The van der Waals surface area contributed by atoms with Gasteiger partial charge in [-0.25, -0.2) is 0 Å². The monoisotopic (exact) mass is 234 g/mol. The molecule has 0 saturated heterocycles. The maximum absolute atomic E-state index is 11.8. The van der Waals surface area contributed by atoms with Gasteiger partial charge in [-0.05, 0) is 13.0 Å². The summed E-state index contributed by atoms with van der Waals surface area (Å²) in [5.74, 6) is 1.79. The first-order chi connectivity index (χ1) is 8.08. The minimum Gasteiger partial charge on any atom is -0.493 e. The number of ether oxygens (including phenoxy) is 2. The van der Waals surface area contributed by atoms with Crippen molar-refractivity contribution in [3.05, 3.63) is 28.3 Å². The van der Waals surface area contributed by atoms with Crippen molar-refractivity contribution in [2.45, 2.75) is 6.92 Å². The predicted molar refractivity (Wildman–Crippen MR) is 64.8 cm³/mol. The summed E-state index contributed by atoms with van der Waals surface area (Å²) >= 11 is 0. The maximum atomic E-state index is 11.8. The van der Waals surface area contributed by atoms with Gasteiger partial charge < -0.3 is 14.0 Å². The first-order valence-corrected chi connectivity index (χ1v) is 5.18. The van der Waals surface area contributed by atoms with E-state index in [1.807, 2.05) is 11.6 Å². The van der Waals surface area contributed by atoms with Crippen molar-refractivity contribution >= 4 is 10.9 Å². The summed E-state index contributed by atoms with van der Waals surface area (Å²) in [6.45, 7) is 1.79. The van der Waals surface area contributed by atoms with Gasteiger partial charge in [-0.1, -0.05) is 0 Å². The van der Waals surface area contributed by atoms with Crippen molar-refractivity contribution in [3.63, 3.8) is 0 Å². The molecule has 0 bridgehead atoms. The SMILES string of the molecule is COc1cc2c(=O)nc(C)n(C)c2cc1OC. The number of fused-ring (bicyclic) bond motifs is 1. The van der Waals surface area contributed by atoms with E-state index in [-0.39, 0.29) is 5.56 Å². The summed E-state index contributed by atoms with van der Waals surface area (Å²) in [7, 11) is 4.96. The normalized spacial score (nSPS) is 10.6. The highest BCUT2D eigenvalue weighted by atomic mass is 16.5. The topological polar surface area (TPSA) is 53.3 Å². The summed E-state index contributed by atoms with van der Waals surface area (Å²) in [4.78, 5) is 15.7. The molecule has 1 aromatic carbocycles. The third kappa shape index (κ3) is 1.73. The molecule has 0 aliphatic heterocycles. The van der Waals surface area contributed by atoms with Gasteiger partial charge in [-0.3, -0.25) is 4.79 Å². The Labute approximate surface area is 98.6 Å². The summed E-state index contributed by atoms with van der Waals surface area (Å²) in [6, 6.07) is 3.44. The van der Waals surface area contributed by atoms with Crippen LogP contribution in [0.2, 0.25) is 0 Å². The lowest BCUT2D eigenvalue weighted by molar-refractivity contribution is 0.355. The molecule has 2 aromatic rings. The van der Waals surface area contributed by atoms with Crippen molar-refractivity contribution in [3.8, 4) is 11.5 Å². The zero-order chi connectivity index (χ0) is 12.6. The highest BCUT2D eigenvalue weighted by Gasteiger charge is 2.11. The number of nitrogens with zero attached hydrogens (tertiary/aromatic N) is 2. The van der Waals surface area contributed by atoms with E-state index < -0.39 is 0 Å². The maximum Gasteiger partial charge on any atom is 0.280 e. The minimum atomic E-state index is -0.253. The van der Waals surface area contributed by atoms with Crippen LogP contribution in [-0.4, -0.2) is 23.8 Å². The van der Waals surface area contributed by atoms with Crippen LogP contribution >= 0.6 is 0 Å². The Balaban J connectivity index is 2.92. The molecule has 0 radical (unpaired) electrons. The van der Waals surface area contributed by atoms with Crippen LogP contribution < -0.4 is 15.0 Å². The molecule has 0 amide bonds. The average Bonchev–Trinajstić information content (AvgIpc) is 2.34. The van der Waals surface area contributed by atoms with E-state index in [0.717, 1.165) is 5.52 Å². The lowest BCUT2D eigenvalue weighted by Crippen LogP contribution is -2.15. The van der Waals surface area contributed by atoms with Crippen LogP contribution in [0.15, 0.2) is 16.9 Å². The molecule has 0 unspecified atom stereocenters. The fraction of sp³-hybridized carbons (Fsp3) is 0.333. The Morgan fingerprint density at radius 3 is 2.35 bits per heavy atom. The average molecular weight is 234 g/mol. The molecule has 0 atom stereocenters. The van der Waals surface area contributed by atoms with Gasteiger partial charge in [0.15, 0.2) is 11.5 Å². The first kappa shape index (κ1) is 11.4. The Bertz CT molecular complexity index is 632. The number of methoxy groups -OCH3 is 2. The smallest absolute Gasteiger partial charge is 0.280 e. The highest BCUT2D eigenvalue weighted by molar-refractivity contribution is 5.82. The van der Waals surface area contributed by atoms with Crippen LogP contribution in [0, 0.1) is 6.92 Å². The molecule has 0 aliphatic carbocycles. The Morgan fingerprint density at radius 2 is 1.76 bits per heavy atom. The fourth-order valence-electron chi connectivity index (χ4n) is 1.77. The van der Waals surface area contributed by atoms with Crippen LogP contribution in [0.25, 0.3) is 10.9 Å². The second-order valence-corrected chi connectivity index (χ2v) is 3.75. The quantitative estimate of drug-likeness (QED) is 0.785. The Hall–Kier alpha value is -2.04. The van der Waals surface area contributed by atoms with Crippen molar-refractivity contribution in [2.24, 2.45) is 7.05 Å². The van der Waals surface area contributed by atoms with Gasteiger partial charge in [0.05, 0.1) is 25.1 Å². The molecule has 5 nitrogen and oxygen atoms in total. The second kappa shape index (κ2) is 4.08. The summed E-state index contributed by atoms with van der Waals surface area (Å²) in [5.41, 5.74) is 0.525. The number of aromatic nitrogens is 2. The lowest BCUT2D eigenvalue weighted by Gasteiger charge is -2.12. The molecule has 0 N–H and O–H groups in total. The van der Waals surface area contributed by atoms with Crippen molar-refractivity contribution in [1.29, 1.82) is 0 Å². The number of benzene rings is 1. The zero-order valence-corrected chi connectivity index (χ0v) is 10.3. The summed E-state index contributed by atoms with van der Waals surface area (Å²) in [6.07, 6.45) is 0. The van der Waals surface area contributed by atoms with Crippen molar-refractivity contribution in [2.75, 3.05) is 14.2 Å². The van der Waals surface area contributed by atoms with Crippen LogP contribution in [0.3, 0.4) is 0 Å². The van der Waals surface area contributed by atoms with E-state index in [9.17, 15) is 4.79 Å². The molecule has 1 aromatic heterocycles. The van der Waals surface area contributed by atoms with Crippen molar-refractivity contribution in [1.82, 2.24) is 9.55 Å². The van der Waals surface area contributed by atoms with E-state index in [2.05, 4.69) is 4.98 Å². The third-order valence-electron chi connectivity index (χ3n) is 2.84. The summed E-state index contributed by atoms with van der Waals surface area (Å²) in [5, 5.41) is 0.524. The van der Waals surface area contributed by atoms with Gasteiger partial charge in [0, 0.05) is 13.1 Å². The van der Waals surface area contributed by atoms with Gasteiger partial charge in [0.2, 0.25) is 0 Å². The Kier molecular flexibility index (Phi) is 2.75. The summed E-state index contributed by atoms with van der Waals surface area (Å²) < 4.78 is 12.2. The van der Waals surface area contributed by atoms with Crippen LogP contribution in [0.5, 0.6) is 11.5 Å². The van der Waals surface area contributed by atoms with Crippen molar-refractivity contribution < 1.29 is 9.47 Å². The molecular formula is C12H14N2O3. The van der Waals surface area contributed by atoms with Gasteiger partial charge >= 0.3 is 0 Å². The molecule has 0 spiro atoms. The van der Waals surface area contributed by atoms with Crippen LogP contribution in [0.1, 0.15) is 5.82 Å². The van der Waals surface area contributed by atoms with E-state index >= 15 is 0 Å². The molecule has 0 fully saturated rings. The van der Waals surface area contributed by atoms with E-state index in [1.165, 1.54) is 7.11 Å². The van der Waals surface area contributed by atoms with Gasteiger partial charge in [-0.15, -0.1) is 0 Å². The number of aryl methyl sites for hydroxylation is 2. The first-order valence-electron chi connectivity index (χ1n) is 5.18. The largest absolute Gasteiger partial charge is 0.493 e. The van der Waals surface area contributed by atoms with E-state index in [1.54, 1.807) is 26.2 Å². The molecule has 2 rings (SSSR count). The fourth-order valence-corrected chi connectivity index (χ4v) is 1.77. The number of hydrogen-bond acceptors (Lipinski definition) is 4. The Morgan fingerprint density at radius 1 is 1.18 bits per heavy atom. The zero-order valence-electron chi connectivity index (χ0n) is 10.3.